The number of aryl methyl sites for hydroxylation is 1. The highest BCUT2D eigenvalue weighted by Gasteiger charge is 2.21. The Labute approximate surface area is 157 Å². The van der Waals surface area contributed by atoms with Gasteiger partial charge in [0.15, 0.2) is 0 Å². The lowest BCUT2D eigenvalue weighted by atomic mass is 9.88. The minimum atomic E-state index is -3.73. The van der Waals surface area contributed by atoms with E-state index in [4.69, 9.17) is 0 Å². The average molecular weight is 395 g/mol. The van der Waals surface area contributed by atoms with E-state index in [1.165, 1.54) is 29.9 Å². The first kappa shape index (κ1) is 18.8. The first-order chi connectivity index (χ1) is 12.5. The van der Waals surface area contributed by atoms with Crippen molar-refractivity contribution in [3.63, 3.8) is 0 Å². The lowest BCUT2D eigenvalue weighted by Gasteiger charge is -2.20. The highest BCUT2D eigenvalue weighted by molar-refractivity contribution is 7.93. The van der Waals surface area contributed by atoms with E-state index >= 15 is 0 Å². The summed E-state index contributed by atoms with van der Waals surface area (Å²) in [7, 11) is -3.73. The van der Waals surface area contributed by atoms with Crippen molar-refractivity contribution >= 4 is 38.1 Å². The summed E-state index contributed by atoms with van der Waals surface area (Å²) in [4.78, 5) is 12.4. The SMILES string of the molecule is CCc1nnc(NS(=O)(=O)c2ccc(NC(=O)C3CCCCC3)cc2)s1. The number of benzene rings is 1. The van der Waals surface area contributed by atoms with Crippen LogP contribution in [0.25, 0.3) is 0 Å². The van der Waals surface area contributed by atoms with Crippen LogP contribution in [0.4, 0.5) is 10.8 Å². The lowest BCUT2D eigenvalue weighted by molar-refractivity contribution is -0.120. The number of aromatic nitrogens is 2. The van der Waals surface area contributed by atoms with Crippen molar-refractivity contribution in [3.05, 3.63) is 29.3 Å². The Bertz CT molecular complexity index is 856. The van der Waals surface area contributed by atoms with Crippen LogP contribution in [0.1, 0.15) is 44.0 Å². The fourth-order valence-corrected chi connectivity index (χ4v) is 4.85. The van der Waals surface area contributed by atoms with Gasteiger partial charge in [0.05, 0.1) is 4.90 Å². The number of rotatable bonds is 6. The standard InChI is InChI=1S/C17H22N4O3S2/c1-2-15-19-20-17(25-15)21-26(23,24)14-10-8-13(9-11-14)18-16(22)12-6-4-3-5-7-12/h8-12H,2-7H2,1H3,(H,18,22)(H,20,21). The number of hydrogen-bond acceptors (Lipinski definition) is 6. The summed E-state index contributed by atoms with van der Waals surface area (Å²) >= 11 is 1.21. The fourth-order valence-electron chi connectivity index (χ4n) is 2.94. The zero-order chi connectivity index (χ0) is 18.6. The van der Waals surface area contributed by atoms with Crippen molar-refractivity contribution in [1.82, 2.24) is 10.2 Å². The third-order valence-electron chi connectivity index (χ3n) is 4.40. The van der Waals surface area contributed by atoms with E-state index in [-0.39, 0.29) is 21.9 Å². The molecule has 0 atom stereocenters. The number of carbonyl (C=O) groups is 1. The maximum atomic E-state index is 12.4. The van der Waals surface area contributed by atoms with Gasteiger partial charge in [-0.1, -0.05) is 37.5 Å². The molecule has 1 heterocycles. The molecule has 0 aliphatic heterocycles. The predicted octanol–water partition coefficient (Wildman–Crippen LogP) is 3.42. The third kappa shape index (κ3) is 4.59. The largest absolute Gasteiger partial charge is 0.326 e. The van der Waals surface area contributed by atoms with E-state index in [1.54, 1.807) is 12.1 Å². The fraction of sp³-hybridized carbons (Fsp3) is 0.471. The number of amides is 1. The third-order valence-corrected chi connectivity index (χ3v) is 6.87. The normalized spacial score (nSPS) is 15.6. The number of nitrogens with zero attached hydrogens (tertiary/aromatic N) is 2. The van der Waals surface area contributed by atoms with E-state index < -0.39 is 10.0 Å². The second-order valence-corrected chi connectivity index (χ2v) is 9.05. The highest BCUT2D eigenvalue weighted by Crippen LogP contribution is 2.25. The van der Waals surface area contributed by atoms with E-state index in [0.717, 1.165) is 30.7 Å². The van der Waals surface area contributed by atoms with Crippen LogP contribution in [0.5, 0.6) is 0 Å². The molecule has 7 nitrogen and oxygen atoms in total. The molecule has 0 saturated heterocycles. The molecule has 2 aromatic rings. The smallest absolute Gasteiger partial charge is 0.263 e. The first-order valence-electron chi connectivity index (χ1n) is 8.74. The Hall–Kier alpha value is -2.00. The maximum Gasteiger partial charge on any atom is 0.263 e. The first-order valence-corrected chi connectivity index (χ1v) is 11.0. The van der Waals surface area contributed by atoms with Crippen molar-refractivity contribution in [3.8, 4) is 0 Å². The molecule has 2 N–H and O–H groups in total. The Balaban J connectivity index is 1.65. The minimum Gasteiger partial charge on any atom is -0.326 e. The minimum absolute atomic E-state index is 0.0133. The van der Waals surface area contributed by atoms with Crippen LogP contribution in [0.3, 0.4) is 0 Å². The zero-order valence-electron chi connectivity index (χ0n) is 14.6. The number of anilines is 2. The maximum absolute atomic E-state index is 12.4. The lowest BCUT2D eigenvalue weighted by Crippen LogP contribution is -2.24. The van der Waals surface area contributed by atoms with Gasteiger partial charge in [-0.05, 0) is 43.5 Å². The van der Waals surface area contributed by atoms with E-state index in [0.29, 0.717) is 12.1 Å². The van der Waals surface area contributed by atoms with Crippen LogP contribution in [-0.2, 0) is 21.2 Å². The Morgan fingerprint density at radius 3 is 2.46 bits per heavy atom. The van der Waals surface area contributed by atoms with Crippen LogP contribution in [0.2, 0.25) is 0 Å². The van der Waals surface area contributed by atoms with Crippen molar-refractivity contribution < 1.29 is 13.2 Å². The summed E-state index contributed by atoms with van der Waals surface area (Å²) in [6.45, 7) is 1.93. The van der Waals surface area contributed by atoms with Gasteiger partial charge in [0, 0.05) is 11.6 Å². The second kappa shape index (κ2) is 8.13. The molecule has 1 fully saturated rings. The number of hydrogen-bond donors (Lipinski definition) is 2. The molecule has 140 valence electrons. The number of nitrogens with one attached hydrogen (secondary N) is 2. The molecule has 9 heteroatoms. The molecule has 1 aromatic carbocycles. The van der Waals surface area contributed by atoms with Gasteiger partial charge in [0.1, 0.15) is 5.01 Å². The molecule has 0 radical (unpaired) electrons. The Morgan fingerprint density at radius 1 is 1.15 bits per heavy atom. The molecule has 1 aliphatic carbocycles. The van der Waals surface area contributed by atoms with Crippen LogP contribution in [0.15, 0.2) is 29.2 Å². The molecule has 1 aliphatic rings. The average Bonchev–Trinajstić information content (AvgIpc) is 3.10. The summed E-state index contributed by atoms with van der Waals surface area (Å²) in [5.74, 6) is 0.0679. The molecule has 1 aromatic heterocycles. The van der Waals surface area contributed by atoms with Crippen molar-refractivity contribution in [2.45, 2.75) is 50.3 Å². The molecule has 0 unspecified atom stereocenters. The summed E-state index contributed by atoms with van der Waals surface area (Å²) in [6, 6.07) is 6.15. The van der Waals surface area contributed by atoms with Gasteiger partial charge in [0.25, 0.3) is 10.0 Å². The molecule has 0 bridgehead atoms. The topological polar surface area (TPSA) is 101 Å². The Kier molecular flexibility index (Phi) is 5.87. The van der Waals surface area contributed by atoms with Gasteiger partial charge in [-0.15, -0.1) is 10.2 Å². The molecular weight excluding hydrogens is 372 g/mol. The molecule has 26 heavy (non-hydrogen) atoms. The van der Waals surface area contributed by atoms with Gasteiger partial charge in [0.2, 0.25) is 11.0 Å². The zero-order valence-corrected chi connectivity index (χ0v) is 16.2. The summed E-state index contributed by atoms with van der Waals surface area (Å²) in [5, 5.41) is 11.6. The monoisotopic (exact) mass is 394 g/mol. The molecule has 3 rings (SSSR count). The van der Waals surface area contributed by atoms with Gasteiger partial charge in [-0.25, -0.2) is 8.42 Å². The summed E-state index contributed by atoms with van der Waals surface area (Å²) in [5.41, 5.74) is 0.601. The van der Waals surface area contributed by atoms with Gasteiger partial charge < -0.3 is 5.32 Å². The highest BCUT2D eigenvalue weighted by atomic mass is 32.2. The quantitative estimate of drug-likeness (QED) is 0.782. The summed E-state index contributed by atoms with van der Waals surface area (Å²) in [6.07, 6.45) is 5.92. The van der Waals surface area contributed by atoms with Crippen molar-refractivity contribution in [1.29, 1.82) is 0 Å². The van der Waals surface area contributed by atoms with Gasteiger partial charge >= 0.3 is 0 Å². The summed E-state index contributed by atoms with van der Waals surface area (Å²) < 4.78 is 27.3. The van der Waals surface area contributed by atoms with E-state index in [9.17, 15) is 13.2 Å². The van der Waals surface area contributed by atoms with Crippen molar-refractivity contribution in [2.24, 2.45) is 5.92 Å². The van der Waals surface area contributed by atoms with Gasteiger partial charge in [-0.2, -0.15) is 0 Å². The van der Waals surface area contributed by atoms with E-state index in [2.05, 4.69) is 20.2 Å². The van der Waals surface area contributed by atoms with Crippen LogP contribution < -0.4 is 10.0 Å². The van der Waals surface area contributed by atoms with Crippen LogP contribution in [0, 0.1) is 5.92 Å². The number of carbonyl (C=O) groups excluding carboxylic acids is 1. The molecule has 1 saturated carbocycles. The second-order valence-electron chi connectivity index (χ2n) is 6.31. The van der Waals surface area contributed by atoms with Gasteiger partial charge in [-0.3, -0.25) is 9.52 Å². The Morgan fingerprint density at radius 2 is 1.85 bits per heavy atom. The van der Waals surface area contributed by atoms with Crippen LogP contribution >= 0.6 is 11.3 Å². The van der Waals surface area contributed by atoms with E-state index in [1.807, 2.05) is 6.92 Å². The predicted molar refractivity (Wildman–Crippen MR) is 102 cm³/mol. The molecule has 0 spiro atoms. The molecule has 1 amide bonds. The number of sulfonamides is 1. The molecular formula is C17H22N4O3S2. The van der Waals surface area contributed by atoms with Crippen LogP contribution in [-0.4, -0.2) is 24.5 Å². The van der Waals surface area contributed by atoms with Crippen molar-refractivity contribution in [2.75, 3.05) is 10.0 Å².